The van der Waals surface area contributed by atoms with Crippen LogP contribution in [0.3, 0.4) is 0 Å². The summed E-state index contributed by atoms with van der Waals surface area (Å²) in [6, 6.07) is 4.53. The Morgan fingerprint density at radius 1 is 1.14 bits per heavy atom. The van der Waals surface area contributed by atoms with Crippen LogP contribution in [0, 0.1) is 6.92 Å². The van der Waals surface area contributed by atoms with Gasteiger partial charge in [0.1, 0.15) is 0 Å². The third-order valence-corrected chi connectivity index (χ3v) is 3.71. The summed E-state index contributed by atoms with van der Waals surface area (Å²) in [6.07, 6.45) is -11.3. The molecule has 11 heteroatoms. The number of pyridine rings is 1. The molecule has 0 fully saturated rings. The average Bonchev–Trinajstić information content (AvgIpc) is 2.60. The number of nitrogens with zero attached hydrogens (tertiary/aromatic N) is 1. The molecule has 1 aromatic heterocycles. The number of nitrogens with one attached hydrogen (secondary N) is 2. The maximum Gasteiger partial charge on any atom is 0.418 e. The summed E-state index contributed by atoms with van der Waals surface area (Å²) in [5, 5.41) is 14.0. The largest absolute Gasteiger partial charge is 0.418 e. The van der Waals surface area contributed by atoms with E-state index in [1.54, 1.807) is 0 Å². The van der Waals surface area contributed by atoms with Gasteiger partial charge >= 0.3 is 18.4 Å². The van der Waals surface area contributed by atoms with Crippen molar-refractivity contribution in [3.8, 4) is 0 Å². The van der Waals surface area contributed by atoms with Gasteiger partial charge in [0.15, 0.2) is 6.10 Å². The van der Waals surface area contributed by atoms with Crippen molar-refractivity contribution in [1.29, 1.82) is 0 Å². The quantitative estimate of drug-likeness (QED) is 0.661. The van der Waals surface area contributed by atoms with Crippen LogP contribution in [0.25, 0.3) is 0 Å². The van der Waals surface area contributed by atoms with Crippen LogP contribution in [0.5, 0.6) is 0 Å². The first-order valence-electron chi connectivity index (χ1n) is 7.80. The van der Waals surface area contributed by atoms with Crippen molar-refractivity contribution in [2.24, 2.45) is 0 Å². The Bertz CT molecular complexity index is 834. The summed E-state index contributed by atoms with van der Waals surface area (Å²) in [5.41, 5.74) is -0.620. The zero-order valence-electron chi connectivity index (χ0n) is 14.3. The van der Waals surface area contributed by atoms with Crippen LogP contribution in [0.1, 0.15) is 28.5 Å². The first kappa shape index (κ1) is 21.5. The molecule has 0 saturated heterocycles. The third kappa shape index (κ3) is 5.59. The lowest BCUT2D eigenvalue weighted by molar-refractivity contribution is -0.206. The molecule has 152 valence electrons. The van der Waals surface area contributed by atoms with Gasteiger partial charge in [0.25, 0.3) is 0 Å². The molecule has 1 atom stereocenters. The molecule has 0 saturated carbocycles. The van der Waals surface area contributed by atoms with Crippen LogP contribution in [0.4, 0.5) is 36.8 Å². The summed E-state index contributed by atoms with van der Waals surface area (Å²) >= 11 is 0. The van der Waals surface area contributed by atoms with Crippen molar-refractivity contribution >= 4 is 11.7 Å². The zero-order valence-corrected chi connectivity index (χ0v) is 14.3. The zero-order chi connectivity index (χ0) is 21.1. The Labute approximate surface area is 155 Å². The van der Waals surface area contributed by atoms with Crippen molar-refractivity contribution in [3.05, 3.63) is 58.9 Å². The first-order valence-corrected chi connectivity index (χ1v) is 7.80. The fourth-order valence-electron chi connectivity index (χ4n) is 2.22. The first-order chi connectivity index (χ1) is 12.9. The Hall–Kier alpha value is -2.82. The standard InChI is InChI=1S/C17H15F6N3O2/c1-9-6-10(14(27)17(21,22)23)2-5-13(9)26-15(28)25-8-12-4-3-11(7-24-12)16(18,19)20/h2-7,14,27H,8H2,1H3,(H2,25,26,28). The second kappa shape index (κ2) is 8.05. The molecular formula is C17H15F6N3O2. The average molecular weight is 407 g/mol. The second-order valence-electron chi connectivity index (χ2n) is 5.86. The van der Waals surface area contributed by atoms with Crippen molar-refractivity contribution in [2.45, 2.75) is 31.9 Å². The number of carbonyl (C=O) groups excluding carboxylic acids is 1. The molecular weight excluding hydrogens is 392 g/mol. The topological polar surface area (TPSA) is 74.2 Å². The van der Waals surface area contributed by atoms with E-state index < -0.39 is 30.1 Å². The SMILES string of the molecule is Cc1cc(C(O)C(F)(F)F)ccc1NC(=O)NCc1ccc(C(F)(F)F)cn1. The maximum atomic E-state index is 12.5. The minimum atomic E-state index is -4.81. The highest BCUT2D eigenvalue weighted by Crippen LogP contribution is 2.33. The van der Waals surface area contributed by atoms with Crippen LogP contribution in [0.2, 0.25) is 0 Å². The van der Waals surface area contributed by atoms with E-state index in [0.29, 0.717) is 6.20 Å². The number of aliphatic hydroxyl groups excluding tert-OH is 1. The number of aryl methyl sites for hydroxylation is 1. The van der Waals surface area contributed by atoms with E-state index >= 15 is 0 Å². The highest BCUT2D eigenvalue weighted by atomic mass is 19.4. The summed E-state index contributed by atoms with van der Waals surface area (Å²) in [7, 11) is 0. The molecule has 1 aromatic carbocycles. The molecule has 2 amide bonds. The number of rotatable bonds is 4. The smallest absolute Gasteiger partial charge is 0.379 e. The molecule has 2 aromatic rings. The van der Waals surface area contributed by atoms with Crippen molar-refractivity contribution < 1.29 is 36.2 Å². The van der Waals surface area contributed by atoms with Crippen LogP contribution >= 0.6 is 0 Å². The third-order valence-electron chi connectivity index (χ3n) is 3.71. The summed E-state index contributed by atoms with van der Waals surface area (Å²) < 4.78 is 75.0. The van der Waals surface area contributed by atoms with E-state index in [1.807, 2.05) is 0 Å². The van der Waals surface area contributed by atoms with Gasteiger partial charge in [-0.05, 0) is 36.2 Å². The molecule has 5 nitrogen and oxygen atoms in total. The van der Waals surface area contributed by atoms with Gasteiger partial charge in [-0.25, -0.2) is 4.79 Å². The van der Waals surface area contributed by atoms with Gasteiger partial charge in [-0.15, -0.1) is 0 Å². The normalized spacial score (nSPS) is 13.1. The predicted molar refractivity (Wildman–Crippen MR) is 87.3 cm³/mol. The molecule has 0 aliphatic rings. The van der Waals surface area contributed by atoms with E-state index in [-0.39, 0.29) is 29.1 Å². The highest BCUT2D eigenvalue weighted by molar-refractivity contribution is 5.90. The summed E-state index contributed by atoms with van der Waals surface area (Å²) in [6.45, 7) is 1.29. The maximum absolute atomic E-state index is 12.5. The van der Waals surface area contributed by atoms with Crippen LogP contribution < -0.4 is 10.6 Å². The number of benzene rings is 1. The molecule has 2 rings (SSSR count). The van der Waals surface area contributed by atoms with E-state index in [9.17, 15) is 36.2 Å². The number of halogens is 6. The lowest BCUT2D eigenvalue weighted by Gasteiger charge is -2.17. The number of aromatic nitrogens is 1. The summed E-state index contributed by atoms with van der Waals surface area (Å²) in [4.78, 5) is 15.5. The molecule has 0 radical (unpaired) electrons. The number of hydrogen-bond donors (Lipinski definition) is 3. The molecule has 0 bridgehead atoms. The van der Waals surface area contributed by atoms with Gasteiger partial charge in [0, 0.05) is 11.9 Å². The molecule has 3 N–H and O–H groups in total. The van der Waals surface area contributed by atoms with Crippen LogP contribution in [-0.2, 0) is 12.7 Å². The van der Waals surface area contributed by atoms with Gasteiger partial charge in [-0.3, -0.25) is 4.98 Å². The van der Waals surface area contributed by atoms with Gasteiger partial charge < -0.3 is 15.7 Å². The number of aliphatic hydroxyl groups is 1. The fourth-order valence-corrected chi connectivity index (χ4v) is 2.22. The van der Waals surface area contributed by atoms with E-state index in [0.717, 1.165) is 24.3 Å². The predicted octanol–water partition coefficient (Wildman–Crippen LogP) is 4.33. The molecule has 0 aliphatic heterocycles. The Balaban J connectivity index is 1.96. The second-order valence-corrected chi connectivity index (χ2v) is 5.86. The molecule has 0 aliphatic carbocycles. The van der Waals surface area contributed by atoms with E-state index in [4.69, 9.17) is 0 Å². The number of urea groups is 1. The lowest BCUT2D eigenvalue weighted by Crippen LogP contribution is -2.29. The number of amides is 2. The number of carbonyl (C=O) groups is 1. The molecule has 1 heterocycles. The minimum absolute atomic E-state index is 0.159. The van der Waals surface area contributed by atoms with Gasteiger partial charge in [0.2, 0.25) is 0 Å². The lowest BCUT2D eigenvalue weighted by atomic mass is 10.0. The number of alkyl halides is 6. The number of hydrogen-bond acceptors (Lipinski definition) is 3. The summed E-state index contributed by atoms with van der Waals surface area (Å²) in [5.74, 6) is 0. The van der Waals surface area contributed by atoms with Crippen molar-refractivity contribution in [2.75, 3.05) is 5.32 Å². The molecule has 0 spiro atoms. The Kier molecular flexibility index (Phi) is 6.17. The van der Waals surface area contributed by atoms with Gasteiger partial charge in [0.05, 0.1) is 17.8 Å². The fraction of sp³-hybridized carbons (Fsp3) is 0.294. The van der Waals surface area contributed by atoms with Crippen molar-refractivity contribution in [1.82, 2.24) is 10.3 Å². The van der Waals surface area contributed by atoms with Crippen LogP contribution in [0.15, 0.2) is 36.5 Å². The minimum Gasteiger partial charge on any atom is -0.379 e. The van der Waals surface area contributed by atoms with E-state index in [2.05, 4.69) is 15.6 Å². The Morgan fingerprint density at radius 2 is 1.82 bits per heavy atom. The van der Waals surface area contributed by atoms with Crippen molar-refractivity contribution in [3.63, 3.8) is 0 Å². The highest BCUT2D eigenvalue weighted by Gasteiger charge is 2.39. The van der Waals surface area contributed by atoms with E-state index in [1.165, 1.54) is 13.0 Å². The number of anilines is 1. The molecule has 28 heavy (non-hydrogen) atoms. The van der Waals surface area contributed by atoms with Crippen LogP contribution in [-0.4, -0.2) is 22.3 Å². The molecule has 1 unspecified atom stereocenters. The van der Waals surface area contributed by atoms with Gasteiger partial charge in [-0.1, -0.05) is 12.1 Å². The monoisotopic (exact) mass is 407 g/mol. The Morgan fingerprint density at radius 3 is 2.32 bits per heavy atom. The van der Waals surface area contributed by atoms with Gasteiger partial charge in [-0.2, -0.15) is 26.3 Å².